The van der Waals surface area contributed by atoms with Gasteiger partial charge in [-0.1, -0.05) is 0 Å². The van der Waals surface area contributed by atoms with Crippen molar-refractivity contribution in [3.63, 3.8) is 0 Å². The van der Waals surface area contributed by atoms with Crippen LogP contribution in [-0.2, 0) is 4.74 Å². The van der Waals surface area contributed by atoms with Gasteiger partial charge in [0.05, 0.1) is 6.61 Å². The highest BCUT2D eigenvalue weighted by Crippen LogP contribution is 2.30. The van der Waals surface area contributed by atoms with Gasteiger partial charge in [0.25, 0.3) is 0 Å². The normalized spacial score (nSPS) is 53.2. The fourth-order valence-corrected chi connectivity index (χ4v) is 1.20. The van der Waals surface area contributed by atoms with Crippen LogP contribution in [0.4, 0.5) is 4.39 Å². The summed E-state index contributed by atoms with van der Waals surface area (Å²) in [5.74, 6) is -2.74. The van der Waals surface area contributed by atoms with Crippen molar-refractivity contribution in [3.05, 3.63) is 0 Å². The molecule has 1 aliphatic rings. The lowest BCUT2D eigenvalue weighted by Crippen LogP contribution is -2.62. The maximum absolute atomic E-state index is 13.5. The standard InChI is InChI=1S/C7H13FO5/c1-7(8)6(12)5(11)4(10)3(2-9)13-7/h3-6,9-12H,2H2,1H3/t3-,4-,5+,6-,7?/m1/s1/i1D. The Morgan fingerprint density at radius 3 is 2.54 bits per heavy atom. The van der Waals surface area contributed by atoms with Gasteiger partial charge in [0, 0.05) is 1.37 Å². The Morgan fingerprint density at radius 1 is 1.46 bits per heavy atom. The SMILES string of the molecule is [2H]CC1(F)O[C@H](CO)[C@@H](O)[C@H](O)[C@H]1O. The molecule has 0 spiro atoms. The summed E-state index contributed by atoms with van der Waals surface area (Å²) in [6, 6.07) is 0. The van der Waals surface area contributed by atoms with Crippen LogP contribution >= 0.6 is 0 Å². The van der Waals surface area contributed by atoms with E-state index in [4.69, 9.17) is 11.6 Å². The second-order valence-corrected chi connectivity index (χ2v) is 3.05. The average Bonchev–Trinajstić information content (AvgIpc) is 2.20. The molecule has 5 nitrogen and oxygen atoms in total. The third kappa shape index (κ3) is 1.82. The predicted octanol–water partition coefficient (Wildman–Crippen LogP) is -1.85. The molecule has 13 heavy (non-hydrogen) atoms. The molecule has 0 amide bonds. The molecule has 1 aliphatic heterocycles. The maximum Gasteiger partial charge on any atom is 0.235 e. The molecule has 1 fully saturated rings. The molecule has 0 aliphatic carbocycles. The number of halogens is 1. The Bertz CT molecular complexity index is 205. The highest BCUT2D eigenvalue weighted by Gasteiger charge is 2.51. The highest BCUT2D eigenvalue weighted by atomic mass is 19.2. The van der Waals surface area contributed by atoms with Crippen LogP contribution in [0.1, 0.15) is 8.27 Å². The number of hydrogen-bond acceptors (Lipinski definition) is 5. The lowest BCUT2D eigenvalue weighted by molar-refractivity contribution is -0.312. The summed E-state index contributed by atoms with van der Waals surface area (Å²) in [6.45, 7) is -1.62. The van der Waals surface area contributed by atoms with Gasteiger partial charge in [-0.15, -0.1) is 0 Å². The van der Waals surface area contributed by atoms with Crippen molar-refractivity contribution >= 4 is 0 Å². The Kier molecular flexibility index (Phi) is 2.48. The van der Waals surface area contributed by atoms with Gasteiger partial charge < -0.3 is 25.2 Å². The van der Waals surface area contributed by atoms with Crippen molar-refractivity contribution < 1.29 is 30.9 Å². The largest absolute Gasteiger partial charge is 0.394 e. The minimum Gasteiger partial charge on any atom is -0.394 e. The van der Waals surface area contributed by atoms with Crippen LogP contribution < -0.4 is 0 Å². The second-order valence-electron chi connectivity index (χ2n) is 3.05. The molecule has 0 bridgehead atoms. The van der Waals surface area contributed by atoms with Gasteiger partial charge >= 0.3 is 0 Å². The Balaban J connectivity index is 2.84. The van der Waals surface area contributed by atoms with Crippen molar-refractivity contribution in [2.24, 2.45) is 0 Å². The van der Waals surface area contributed by atoms with Gasteiger partial charge in [-0.2, -0.15) is 0 Å². The minimum absolute atomic E-state index is 0.698. The van der Waals surface area contributed by atoms with Crippen LogP contribution in [0.3, 0.4) is 0 Å². The van der Waals surface area contributed by atoms with Crippen molar-refractivity contribution in [2.75, 3.05) is 6.61 Å². The molecule has 0 saturated carbocycles. The highest BCUT2D eigenvalue weighted by molar-refractivity contribution is 4.93. The first kappa shape index (κ1) is 9.29. The van der Waals surface area contributed by atoms with E-state index in [1.165, 1.54) is 0 Å². The third-order valence-corrected chi connectivity index (χ3v) is 2.02. The van der Waals surface area contributed by atoms with Gasteiger partial charge in [-0.3, -0.25) is 0 Å². The van der Waals surface area contributed by atoms with Crippen LogP contribution in [0.5, 0.6) is 0 Å². The van der Waals surface area contributed by atoms with E-state index >= 15 is 0 Å². The molecule has 4 N–H and O–H groups in total. The minimum atomic E-state index is -2.74. The Hall–Kier alpha value is -0.270. The monoisotopic (exact) mass is 197 g/mol. The van der Waals surface area contributed by atoms with Gasteiger partial charge in [0.2, 0.25) is 5.85 Å². The molecule has 0 aromatic heterocycles. The lowest BCUT2D eigenvalue weighted by Gasteiger charge is -2.42. The summed E-state index contributed by atoms with van der Waals surface area (Å²) in [5.41, 5.74) is 0. The molecular formula is C7H13FO5. The smallest absolute Gasteiger partial charge is 0.235 e. The van der Waals surface area contributed by atoms with Crippen molar-refractivity contribution in [3.8, 4) is 0 Å². The summed E-state index contributed by atoms with van der Waals surface area (Å²) in [6.07, 6.45) is -6.65. The van der Waals surface area contributed by atoms with E-state index in [0.29, 0.717) is 0 Å². The van der Waals surface area contributed by atoms with Gasteiger partial charge in [0.15, 0.2) is 0 Å². The quantitative estimate of drug-likeness (QED) is 0.396. The van der Waals surface area contributed by atoms with E-state index in [9.17, 15) is 14.6 Å². The zero-order chi connectivity index (χ0) is 10.9. The molecule has 1 rings (SSSR count). The molecule has 6 heteroatoms. The molecule has 5 atom stereocenters. The first-order chi connectivity index (χ1) is 6.46. The van der Waals surface area contributed by atoms with Gasteiger partial charge in [-0.25, -0.2) is 4.39 Å². The van der Waals surface area contributed by atoms with Crippen LogP contribution in [0.2, 0.25) is 0 Å². The van der Waals surface area contributed by atoms with Crippen molar-refractivity contribution in [2.45, 2.75) is 37.2 Å². The first-order valence-electron chi connectivity index (χ1n) is 4.48. The Labute approximate surface area is 75.8 Å². The number of hydrogen-bond donors (Lipinski definition) is 4. The number of alkyl halides is 1. The number of rotatable bonds is 1. The van der Waals surface area contributed by atoms with Crippen molar-refractivity contribution in [1.29, 1.82) is 0 Å². The maximum atomic E-state index is 13.5. The fraction of sp³-hybridized carbons (Fsp3) is 1.00. The molecule has 78 valence electrons. The zero-order valence-electron chi connectivity index (χ0n) is 7.80. The third-order valence-electron chi connectivity index (χ3n) is 2.02. The van der Waals surface area contributed by atoms with E-state index < -0.39 is 43.8 Å². The molecule has 0 radical (unpaired) electrons. The zero-order valence-corrected chi connectivity index (χ0v) is 6.80. The van der Waals surface area contributed by atoms with E-state index in [0.717, 1.165) is 0 Å². The van der Waals surface area contributed by atoms with Gasteiger partial charge in [-0.05, 0) is 6.90 Å². The summed E-state index contributed by atoms with van der Waals surface area (Å²) >= 11 is 0. The predicted molar refractivity (Wildman–Crippen MR) is 39.5 cm³/mol. The summed E-state index contributed by atoms with van der Waals surface area (Å²) in [7, 11) is 0. The average molecular weight is 197 g/mol. The van der Waals surface area contributed by atoms with E-state index in [1.54, 1.807) is 0 Å². The number of aliphatic hydroxyl groups is 4. The summed E-state index contributed by atoms with van der Waals surface area (Å²) in [5, 5.41) is 36.3. The summed E-state index contributed by atoms with van der Waals surface area (Å²) in [4.78, 5) is 0. The first-order valence-corrected chi connectivity index (χ1v) is 3.77. The molecule has 0 aromatic carbocycles. The second kappa shape index (κ2) is 3.47. The van der Waals surface area contributed by atoms with E-state index in [2.05, 4.69) is 4.74 Å². The number of aliphatic hydroxyl groups excluding tert-OH is 4. The Morgan fingerprint density at radius 2 is 2.08 bits per heavy atom. The van der Waals surface area contributed by atoms with Crippen molar-refractivity contribution in [1.82, 2.24) is 0 Å². The number of ether oxygens (including phenoxy) is 1. The molecule has 0 aromatic rings. The van der Waals surface area contributed by atoms with Crippen LogP contribution in [-0.4, -0.2) is 57.3 Å². The molecule has 1 heterocycles. The lowest BCUT2D eigenvalue weighted by atomic mass is 9.95. The molecule has 1 unspecified atom stereocenters. The van der Waals surface area contributed by atoms with Gasteiger partial charge in [0.1, 0.15) is 24.4 Å². The van der Waals surface area contributed by atoms with E-state index in [1.807, 2.05) is 0 Å². The van der Waals surface area contributed by atoms with Crippen LogP contribution in [0.25, 0.3) is 0 Å². The fourth-order valence-electron chi connectivity index (χ4n) is 1.20. The summed E-state index contributed by atoms with van der Waals surface area (Å²) < 4.78 is 24.8. The van der Waals surface area contributed by atoms with E-state index in [-0.39, 0.29) is 0 Å². The molecular weight excluding hydrogens is 183 g/mol. The topological polar surface area (TPSA) is 90.2 Å². The van der Waals surface area contributed by atoms with Crippen LogP contribution in [0, 0.1) is 0 Å². The molecule has 1 saturated heterocycles. The van der Waals surface area contributed by atoms with Crippen LogP contribution in [0.15, 0.2) is 0 Å².